The van der Waals surface area contributed by atoms with Gasteiger partial charge in [0.05, 0.1) is 0 Å². The second kappa shape index (κ2) is 9.81. The van der Waals surface area contributed by atoms with Crippen LogP contribution in [-0.4, -0.2) is 48.3 Å². The summed E-state index contributed by atoms with van der Waals surface area (Å²) in [4.78, 5) is 14.7. The quantitative estimate of drug-likeness (QED) is 0.555. The van der Waals surface area contributed by atoms with Gasteiger partial charge < -0.3 is 10.2 Å². The predicted octanol–water partition coefficient (Wildman–Crippen LogP) is 3.82. The van der Waals surface area contributed by atoms with E-state index >= 15 is 0 Å². The maximum absolute atomic E-state index is 12.2. The Labute approximate surface area is 161 Å². The fourth-order valence-electron chi connectivity index (χ4n) is 2.85. The van der Waals surface area contributed by atoms with Crippen LogP contribution in [0.2, 0.25) is 5.02 Å². The number of likely N-dealkylation sites (tertiary alicyclic amines) is 1. The van der Waals surface area contributed by atoms with Crippen molar-refractivity contribution in [2.45, 2.75) is 38.4 Å². The second-order valence-corrected chi connectivity index (χ2v) is 9.77. The molecule has 4 nitrogen and oxygen atoms in total. The van der Waals surface area contributed by atoms with Gasteiger partial charge in [-0.3, -0.25) is 9.52 Å². The molecule has 0 atom stereocenters. The summed E-state index contributed by atoms with van der Waals surface area (Å²) in [5.41, 5.74) is 0.632. The number of halogens is 1. The Bertz CT molecular complexity index is 554. The molecule has 0 aliphatic carbocycles. The van der Waals surface area contributed by atoms with E-state index in [9.17, 15) is 4.79 Å². The normalized spacial score (nSPS) is 16.8. The molecule has 25 heavy (non-hydrogen) atoms. The van der Waals surface area contributed by atoms with Crippen LogP contribution in [0.15, 0.2) is 24.3 Å². The molecule has 0 bridgehead atoms. The van der Waals surface area contributed by atoms with Gasteiger partial charge in [0.2, 0.25) is 0 Å². The van der Waals surface area contributed by atoms with Crippen LogP contribution in [0.1, 0.15) is 44.0 Å². The van der Waals surface area contributed by atoms with Crippen molar-refractivity contribution in [3.05, 3.63) is 34.9 Å². The number of benzene rings is 1. The zero-order chi connectivity index (χ0) is 18.3. The maximum Gasteiger partial charge on any atom is 0.251 e. The highest BCUT2D eigenvalue weighted by molar-refractivity contribution is 7.98. The summed E-state index contributed by atoms with van der Waals surface area (Å²) < 4.78 is 3.71. The van der Waals surface area contributed by atoms with E-state index in [-0.39, 0.29) is 10.7 Å². The van der Waals surface area contributed by atoms with Gasteiger partial charge in [0.1, 0.15) is 0 Å². The zero-order valence-electron chi connectivity index (χ0n) is 15.5. The third-order valence-corrected chi connectivity index (χ3v) is 5.45. The fourth-order valence-corrected chi connectivity index (χ4v) is 3.67. The van der Waals surface area contributed by atoms with Gasteiger partial charge in [0, 0.05) is 35.0 Å². The molecule has 0 unspecified atom stereocenters. The minimum absolute atomic E-state index is 0.0339. The lowest BCUT2D eigenvalue weighted by Crippen LogP contribution is -2.40. The summed E-state index contributed by atoms with van der Waals surface area (Å²) in [6.45, 7) is 11.7. The van der Waals surface area contributed by atoms with Crippen molar-refractivity contribution in [1.82, 2.24) is 14.9 Å². The number of nitrogens with one attached hydrogen (secondary N) is 2. The van der Waals surface area contributed by atoms with Crippen LogP contribution in [0.3, 0.4) is 0 Å². The Morgan fingerprint density at radius 3 is 2.68 bits per heavy atom. The largest absolute Gasteiger partial charge is 0.352 e. The predicted molar refractivity (Wildman–Crippen MR) is 108 cm³/mol. The van der Waals surface area contributed by atoms with Crippen LogP contribution in [0.4, 0.5) is 0 Å². The smallest absolute Gasteiger partial charge is 0.251 e. The van der Waals surface area contributed by atoms with Gasteiger partial charge in [0.15, 0.2) is 0 Å². The lowest BCUT2D eigenvalue weighted by atomic mass is 9.96. The van der Waals surface area contributed by atoms with E-state index in [1.807, 2.05) is 6.07 Å². The van der Waals surface area contributed by atoms with Crippen molar-refractivity contribution in [3.8, 4) is 0 Å². The molecule has 1 amide bonds. The molecule has 2 rings (SSSR count). The van der Waals surface area contributed by atoms with Gasteiger partial charge >= 0.3 is 0 Å². The summed E-state index contributed by atoms with van der Waals surface area (Å²) >= 11 is 7.74. The van der Waals surface area contributed by atoms with Crippen molar-refractivity contribution in [2.75, 3.05) is 32.7 Å². The lowest BCUT2D eigenvalue weighted by molar-refractivity contribution is 0.0936. The number of nitrogens with zero attached hydrogens (tertiary/aromatic N) is 1. The van der Waals surface area contributed by atoms with E-state index in [2.05, 4.69) is 35.7 Å². The van der Waals surface area contributed by atoms with E-state index in [1.165, 1.54) is 0 Å². The first-order valence-corrected chi connectivity index (χ1v) is 10.2. The third kappa shape index (κ3) is 7.99. The van der Waals surface area contributed by atoms with Crippen LogP contribution in [0.5, 0.6) is 0 Å². The molecule has 0 saturated carbocycles. The topological polar surface area (TPSA) is 44.4 Å². The van der Waals surface area contributed by atoms with Gasteiger partial charge in [-0.1, -0.05) is 29.6 Å². The van der Waals surface area contributed by atoms with Crippen LogP contribution in [-0.2, 0) is 0 Å². The van der Waals surface area contributed by atoms with Gasteiger partial charge in [-0.2, -0.15) is 0 Å². The Hall–Kier alpha value is -0.750. The molecule has 140 valence electrons. The van der Waals surface area contributed by atoms with Gasteiger partial charge in [-0.25, -0.2) is 0 Å². The Kier molecular flexibility index (Phi) is 8.07. The average Bonchev–Trinajstić information content (AvgIpc) is 2.57. The highest BCUT2D eigenvalue weighted by Gasteiger charge is 2.20. The summed E-state index contributed by atoms with van der Waals surface area (Å²) in [6, 6.07) is 7.10. The first-order valence-electron chi connectivity index (χ1n) is 9.00. The van der Waals surface area contributed by atoms with Crippen LogP contribution >= 0.6 is 23.5 Å². The fraction of sp³-hybridized carbons (Fsp3) is 0.632. The maximum atomic E-state index is 12.2. The second-order valence-electron chi connectivity index (χ2n) is 7.61. The molecule has 2 N–H and O–H groups in total. The molecule has 1 aromatic carbocycles. The van der Waals surface area contributed by atoms with E-state index in [1.54, 1.807) is 30.1 Å². The third-order valence-electron chi connectivity index (χ3n) is 4.25. The van der Waals surface area contributed by atoms with Crippen molar-refractivity contribution in [1.29, 1.82) is 0 Å². The standard InChI is InChI=1S/C19H30ClN3OS/c1-19(2,3)25-22-9-12-23-10-7-15(8-11-23)14-21-18(24)16-5-4-6-17(20)13-16/h4-6,13,15,22H,7-12,14H2,1-3H3,(H,21,24). The van der Waals surface area contributed by atoms with Gasteiger partial charge in [0.25, 0.3) is 5.91 Å². The number of hydrogen-bond acceptors (Lipinski definition) is 4. The number of carbonyl (C=O) groups is 1. The Morgan fingerprint density at radius 2 is 2.04 bits per heavy atom. The summed E-state index contributed by atoms with van der Waals surface area (Å²) in [7, 11) is 0. The van der Waals surface area contributed by atoms with Crippen molar-refractivity contribution in [2.24, 2.45) is 5.92 Å². The highest BCUT2D eigenvalue weighted by atomic mass is 35.5. The van der Waals surface area contributed by atoms with E-state index < -0.39 is 0 Å². The molecule has 1 aromatic rings. The first kappa shape index (κ1) is 20.6. The SMILES string of the molecule is CC(C)(C)SNCCN1CCC(CNC(=O)c2cccc(Cl)c2)CC1. The number of piperidine rings is 1. The molecule has 1 fully saturated rings. The molecule has 1 heterocycles. The van der Waals surface area contributed by atoms with Gasteiger partial charge in [-0.05, 0) is 70.8 Å². The molecular weight excluding hydrogens is 354 g/mol. The van der Waals surface area contributed by atoms with Crippen molar-refractivity contribution >= 4 is 29.5 Å². The van der Waals surface area contributed by atoms with Crippen molar-refractivity contribution < 1.29 is 4.79 Å². The van der Waals surface area contributed by atoms with Gasteiger partial charge in [-0.15, -0.1) is 0 Å². The first-order chi connectivity index (χ1) is 11.8. The monoisotopic (exact) mass is 383 g/mol. The Morgan fingerprint density at radius 1 is 1.32 bits per heavy atom. The highest BCUT2D eigenvalue weighted by Crippen LogP contribution is 2.20. The molecular formula is C19H30ClN3OS. The molecule has 0 radical (unpaired) electrons. The van der Waals surface area contributed by atoms with E-state index in [0.29, 0.717) is 16.5 Å². The van der Waals surface area contributed by atoms with Crippen LogP contribution in [0.25, 0.3) is 0 Å². The Balaban J connectivity index is 1.61. The molecule has 1 aliphatic heterocycles. The lowest BCUT2D eigenvalue weighted by Gasteiger charge is -2.32. The average molecular weight is 384 g/mol. The van der Waals surface area contributed by atoms with Crippen LogP contribution in [0, 0.1) is 5.92 Å². The summed E-state index contributed by atoms with van der Waals surface area (Å²) in [5.74, 6) is 0.532. The van der Waals surface area contributed by atoms with Crippen molar-refractivity contribution in [3.63, 3.8) is 0 Å². The molecule has 0 aromatic heterocycles. The molecule has 1 aliphatic rings. The zero-order valence-corrected chi connectivity index (χ0v) is 17.1. The van der Waals surface area contributed by atoms with E-state index in [4.69, 9.17) is 11.6 Å². The number of rotatable bonds is 7. The molecule has 0 spiro atoms. The summed E-state index contributed by atoms with van der Waals surface area (Å²) in [6.07, 6.45) is 2.28. The number of carbonyl (C=O) groups excluding carboxylic acids is 1. The van der Waals surface area contributed by atoms with E-state index in [0.717, 1.165) is 45.6 Å². The minimum Gasteiger partial charge on any atom is -0.352 e. The number of hydrogen-bond donors (Lipinski definition) is 2. The molecule has 1 saturated heterocycles. The van der Waals surface area contributed by atoms with Crippen LogP contribution < -0.4 is 10.0 Å². The number of amides is 1. The summed E-state index contributed by atoms with van der Waals surface area (Å²) in [5, 5.41) is 3.64. The molecule has 6 heteroatoms. The minimum atomic E-state index is -0.0339.